The zero-order valence-corrected chi connectivity index (χ0v) is 13.7. The van der Waals surface area contributed by atoms with Crippen molar-refractivity contribution < 1.29 is 14.3 Å². The number of benzene rings is 2. The Bertz CT molecular complexity index is 755. The van der Waals surface area contributed by atoms with E-state index in [1.165, 1.54) is 0 Å². The fourth-order valence-corrected chi connectivity index (χ4v) is 2.70. The number of hydrogen-bond donors (Lipinski definition) is 2. The van der Waals surface area contributed by atoms with Crippen LogP contribution >= 0.6 is 0 Å². The number of hydrogen-bond acceptors (Lipinski definition) is 3. The molecule has 2 amide bonds. The number of carbonyl (C=O) groups excluding carboxylic acids is 2. The monoisotopic (exact) mass is 324 g/mol. The molecule has 1 saturated carbocycles. The SMILES string of the molecule is COc1ccc(C2CC2NC(=O)C(=O)Nc2ccccc2C)cc1. The van der Waals surface area contributed by atoms with Gasteiger partial charge in [-0.05, 0) is 42.7 Å². The first-order valence-electron chi connectivity index (χ1n) is 7.90. The van der Waals surface area contributed by atoms with Crippen LogP contribution in [0.3, 0.4) is 0 Å². The van der Waals surface area contributed by atoms with Crippen LogP contribution in [0, 0.1) is 6.92 Å². The zero-order valence-electron chi connectivity index (χ0n) is 13.7. The molecule has 1 aliphatic rings. The van der Waals surface area contributed by atoms with Gasteiger partial charge in [0.15, 0.2) is 0 Å². The molecular formula is C19H20N2O3. The van der Waals surface area contributed by atoms with Crippen LogP contribution in [0.2, 0.25) is 0 Å². The Kier molecular flexibility index (Phi) is 4.51. The number of carbonyl (C=O) groups is 2. The first-order chi connectivity index (χ1) is 11.6. The number of anilines is 1. The molecule has 5 heteroatoms. The summed E-state index contributed by atoms with van der Waals surface area (Å²) in [7, 11) is 1.63. The van der Waals surface area contributed by atoms with E-state index in [0.717, 1.165) is 23.3 Å². The minimum absolute atomic E-state index is 0.00788. The highest BCUT2D eigenvalue weighted by Crippen LogP contribution is 2.41. The maximum atomic E-state index is 12.0. The second-order valence-electron chi connectivity index (χ2n) is 5.96. The van der Waals surface area contributed by atoms with Crippen LogP contribution in [0.25, 0.3) is 0 Å². The summed E-state index contributed by atoms with van der Waals surface area (Å²) in [5, 5.41) is 5.43. The highest BCUT2D eigenvalue weighted by Gasteiger charge is 2.40. The molecular weight excluding hydrogens is 304 g/mol. The minimum Gasteiger partial charge on any atom is -0.497 e. The van der Waals surface area contributed by atoms with E-state index in [1.807, 2.05) is 49.4 Å². The van der Waals surface area contributed by atoms with Gasteiger partial charge in [-0.15, -0.1) is 0 Å². The van der Waals surface area contributed by atoms with Gasteiger partial charge in [-0.2, -0.15) is 0 Å². The molecule has 0 aromatic heterocycles. The third-order valence-electron chi connectivity index (χ3n) is 4.25. The molecule has 5 nitrogen and oxygen atoms in total. The van der Waals surface area contributed by atoms with Crippen molar-refractivity contribution in [2.75, 3.05) is 12.4 Å². The smallest absolute Gasteiger partial charge is 0.313 e. The highest BCUT2D eigenvalue weighted by molar-refractivity contribution is 6.39. The molecule has 0 spiro atoms. The fourth-order valence-electron chi connectivity index (χ4n) is 2.70. The quantitative estimate of drug-likeness (QED) is 0.850. The van der Waals surface area contributed by atoms with Gasteiger partial charge < -0.3 is 15.4 Å². The molecule has 0 bridgehead atoms. The molecule has 2 atom stereocenters. The van der Waals surface area contributed by atoms with Gasteiger partial charge in [0.25, 0.3) is 0 Å². The normalized spacial score (nSPS) is 18.6. The van der Waals surface area contributed by atoms with E-state index >= 15 is 0 Å². The summed E-state index contributed by atoms with van der Waals surface area (Å²) in [5.41, 5.74) is 2.71. The van der Waals surface area contributed by atoms with Gasteiger partial charge in [0, 0.05) is 17.6 Å². The second kappa shape index (κ2) is 6.74. The van der Waals surface area contributed by atoms with Gasteiger partial charge in [0.05, 0.1) is 7.11 Å². The van der Waals surface area contributed by atoms with E-state index in [1.54, 1.807) is 13.2 Å². The van der Waals surface area contributed by atoms with Crippen molar-refractivity contribution in [1.29, 1.82) is 0 Å². The molecule has 0 heterocycles. The summed E-state index contributed by atoms with van der Waals surface area (Å²) < 4.78 is 5.14. The number of amides is 2. The maximum absolute atomic E-state index is 12.0. The van der Waals surface area contributed by atoms with Gasteiger partial charge in [-0.3, -0.25) is 9.59 Å². The molecule has 2 N–H and O–H groups in total. The van der Waals surface area contributed by atoms with Crippen molar-refractivity contribution in [2.45, 2.75) is 25.3 Å². The van der Waals surface area contributed by atoms with Gasteiger partial charge in [-0.1, -0.05) is 30.3 Å². The number of ether oxygens (including phenoxy) is 1. The summed E-state index contributed by atoms with van der Waals surface area (Å²) in [4.78, 5) is 24.1. The summed E-state index contributed by atoms with van der Waals surface area (Å²) in [6, 6.07) is 15.1. The molecule has 2 unspecified atom stereocenters. The van der Waals surface area contributed by atoms with E-state index in [4.69, 9.17) is 4.74 Å². The molecule has 1 aliphatic carbocycles. The highest BCUT2D eigenvalue weighted by atomic mass is 16.5. The number of aryl methyl sites for hydroxylation is 1. The van der Waals surface area contributed by atoms with Crippen molar-refractivity contribution >= 4 is 17.5 Å². The minimum atomic E-state index is -0.635. The molecule has 0 aliphatic heterocycles. The Balaban J connectivity index is 1.54. The third kappa shape index (κ3) is 3.56. The summed E-state index contributed by atoms with van der Waals surface area (Å²) in [5.74, 6) is -0.173. The molecule has 2 aromatic carbocycles. The van der Waals surface area contributed by atoms with Crippen molar-refractivity contribution in [3.63, 3.8) is 0 Å². The molecule has 0 saturated heterocycles. The fraction of sp³-hybridized carbons (Fsp3) is 0.263. The first-order valence-corrected chi connectivity index (χ1v) is 7.90. The average molecular weight is 324 g/mol. The number of methoxy groups -OCH3 is 1. The van der Waals surface area contributed by atoms with Crippen LogP contribution in [0.4, 0.5) is 5.69 Å². The van der Waals surface area contributed by atoms with Gasteiger partial charge >= 0.3 is 11.8 Å². The maximum Gasteiger partial charge on any atom is 0.313 e. The van der Waals surface area contributed by atoms with Crippen LogP contribution < -0.4 is 15.4 Å². The largest absolute Gasteiger partial charge is 0.497 e. The lowest BCUT2D eigenvalue weighted by atomic mass is 10.1. The third-order valence-corrected chi connectivity index (χ3v) is 4.25. The van der Waals surface area contributed by atoms with Crippen molar-refractivity contribution in [2.24, 2.45) is 0 Å². The molecule has 124 valence electrons. The lowest BCUT2D eigenvalue weighted by Gasteiger charge is -2.08. The van der Waals surface area contributed by atoms with Gasteiger partial charge in [0.2, 0.25) is 0 Å². The molecule has 3 rings (SSSR count). The van der Waals surface area contributed by atoms with Crippen molar-refractivity contribution in [1.82, 2.24) is 5.32 Å². The van der Waals surface area contributed by atoms with Crippen LogP contribution in [0.15, 0.2) is 48.5 Å². The Morgan fingerprint density at radius 3 is 2.42 bits per heavy atom. The molecule has 2 aromatic rings. The average Bonchev–Trinajstić information content (AvgIpc) is 3.36. The van der Waals surface area contributed by atoms with E-state index in [-0.39, 0.29) is 12.0 Å². The lowest BCUT2D eigenvalue weighted by Crippen LogP contribution is -2.37. The predicted molar refractivity (Wildman–Crippen MR) is 92.1 cm³/mol. The Hall–Kier alpha value is -2.82. The Labute approximate surface area is 141 Å². The van der Waals surface area contributed by atoms with Crippen LogP contribution in [0.1, 0.15) is 23.5 Å². The van der Waals surface area contributed by atoms with Crippen LogP contribution in [-0.2, 0) is 9.59 Å². The molecule has 0 radical (unpaired) electrons. The van der Waals surface area contributed by atoms with Crippen molar-refractivity contribution in [3.8, 4) is 5.75 Å². The number of nitrogens with one attached hydrogen (secondary N) is 2. The summed E-state index contributed by atoms with van der Waals surface area (Å²) >= 11 is 0. The van der Waals surface area contributed by atoms with E-state index in [0.29, 0.717) is 5.69 Å². The van der Waals surface area contributed by atoms with Crippen LogP contribution in [0.5, 0.6) is 5.75 Å². The standard InChI is InChI=1S/C19H20N2O3/c1-12-5-3-4-6-16(12)20-18(22)19(23)21-17-11-15(17)13-7-9-14(24-2)10-8-13/h3-10,15,17H,11H2,1-2H3,(H,20,22)(H,21,23). The zero-order chi connectivity index (χ0) is 17.1. The van der Waals surface area contributed by atoms with Gasteiger partial charge in [0.1, 0.15) is 5.75 Å². The second-order valence-corrected chi connectivity index (χ2v) is 5.96. The number of rotatable bonds is 4. The Morgan fingerprint density at radius 2 is 1.75 bits per heavy atom. The van der Waals surface area contributed by atoms with Gasteiger partial charge in [-0.25, -0.2) is 0 Å². The van der Waals surface area contributed by atoms with E-state index < -0.39 is 11.8 Å². The number of para-hydroxylation sites is 1. The summed E-state index contributed by atoms with van der Waals surface area (Å²) in [6.45, 7) is 1.88. The first kappa shape index (κ1) is 16.1. The van der Waals surface area contributed by atoms with Crippen molar-refractivity contribution in [3.05, 3.63) is 59.7 Å². The predicted octanol–water partition coefficient (Wildman–Crippen LogP) is 2.61. The Morgan fingerprint density at radius 1 is 1.04 bits per heavy atom. The lowest BCUT2D eigenvalue weighted by molar-refractivity contribution is -0.136. The topological polar surface area (TPSA) is 67.4 Å². The van der Waals surface area contributed by atoms with Crippen LogP contribution in [-0.4, -0.2) is 25.0 Å². The summed E-state index contributed by atoms with van der Waals surface area (Å²) in [6.07, 6.45) is 0.843. The molecule has 1 fully saturated rings. The van der Waals surface area contributed by atoms with E-state index in [2.05, 4.69) is 10.6 Å². The molecule has 24 heavy (non-hydrogen) atoms. The van der Waals surface area contributed by atoms with E-state index in [9.17, 15) is 9.59 Å².